The van der Waals surface area contributed by atoms with E-state index in [1.54, 1.807) is 0 Å². The first-order chi connectivity index (χ1) is 21.7. The average molecular weight is 569 g/mol. The van der Waals surface area contributed by atoms with Crippen LogP contribution in [0.25, 0.3) is 77.8 Å². The molecular formula is C39H28N4O. The van der Waals surface area contributed by atoms with E-state index in [0.717, 1.165) is 55.4 Å². The third-order valence-electron chi connectivity index (χ3n) is 8.12. The van der Waals surface area contributed by atoms with Crippen molar-refractivity contribution in [2.24, 2.45) is 0 Å². The maximum absolute atomic E-state index is 6.67. The lowest BCUT2D eigenvalue weighted by molar-refractivity contribution is 0.669. The summed E-state index contributed by atoms with van der Waals surface area (Å²) in [5, 5.41) is 4.51. The number of allylic oxidation sites excluding steroid dienone is 4. The third-order valence-corrected chi connectivity index (χ3v) is 8.12. The normalized spacial score (nSPS) is 12.4. The van der Waals surface area contributed by atoms with Gasteiger partial charge in [0.25, 0.3) is 0 Å². The molecule has 0 atom stereocenters. The number of rotatable bonds is 5. The van der Waals surface area contributed by atoms with E-state index in [9.17, 15) is 0 Å². The highest BCUT2D eigenvalue weighted by atomic mass is 16.3. The van der Waals surface area contributed by atoms with E-state index in [2.05, 4.69) is 77.4 Å². The maximum Gasteiger partial charge on any atom is 0.167 e. The molecule has 0 N–H and O–H groups in total. The van der Waals surface area contributed by atoms with Crippen LogP contribution in [-0.4, -0.2) is 19.5 Å². The molecule has 0 spiro atoms. The Morgan fingerprint density at radius 2 is 1.32 bits per heavy atom. The Bertz CT molecular complexity index is 2360. The molecule has 0 saturated carbocycles. The quantitative estimate of drug-likeness (QED) is 0.194. The number of fused-ring (bicyclic) bond motifs is 6. The summed E-state index contributed by atoms with van der Waals surface area (Å²) in [6, 6.07) is 39.7. The Hall–Kier alpha value is -5.81. The van der Waals surface area contributed by atoms with E-state index in [-0.39, 0.29) is 0 Å². The van der Waals surface area contributed by atoms with Crippen LogP contribution in [0.3, 0.4) is 0 Å². The molecule has 0 unspecified atom stereocenters. The molecule has 0 aliphatic carbocycles. The van der Waals surface area contributed by atoms with Crippen molar-refractivity contribution in [3.05, 3.63) is 139 Å². The van der Waals surface area contributed by atoms with E-state index < -0.39 is 0 Å². The van der Waals surface area contributed by atoms with E-state index in [1.165, 1.54) is 10.8 Å². The van der Waals surface area contributed by atoms with Crippen LogP contribution in [0.15, 0.2) is 138 Å². The summed E-state index contributed by atoms with van der Waals surface area (Å²) < 4.78 is 9.02. The van der Waals surface area contributed by atoms with Gasteiger partial charge in [0.05, 0.1) is 27.7 Å². The Labute approximate surface area is 254 Å². The zero-order valence-corrected chi connectivity index (χ0v) is 24.4. The first-order valence-corrected chi connectivity index (χ1v) is 14.8. The molecule has 8 rings (SSSR count). The molecule has 0 bridgehead atoms. The molecule has 3 aromatic heterocycles. The van der Waals surface area contributed by atoms with Crippen molar-refractivity contribution >= 4 is 49.3 Å². The summed E-state index contributed by atoms with van der Waals surface area (Å²) in [6.45, 7) is 4.02. The predicted octanol–water partition coefficient (Wildman–Crippen LogP) is 10.2. The highest BCUT2D eigenvalue weighted by molar-refractivity contribution is 6.16. The van der Waals surface area contributed by atoms with Gasteiger partial charge in [0.1, 0.15) is 11.2 Å². The monoisotopic (exact) mass is 568 g/mol. The van der Waals surface area contributed by atoms with Gasteiger partial charge in [-0.15, -0.1) is 0 Å². The number of benzene rings is 5. The number of para-hydroxylation sites is 3. The van der Waals surface area contributed by atoms with Crippen molar-refractivity contribution in [2.75, 3.05) is 0 Å². The first kappa shape index (κ1) is 25.9. The molecule has 5 heteroatoms. The van der Waals surface area contributed by atoms with Gasteiger partial charge in [0.2, 0.25) is 0 Å². The van der Waals surface area contributed by atoms with Gasteiger partial charge < -0.3 is 8.98 Å². The molecule has 3 heterocycles. The van der Waals surface area contributed by atoms with Crippen LogP contribution < -0.4 is 0 Å². The van der Waals surface area contributed by atoms with Crippen LogP contribution in [0.4, 0.5) is 0 Å². The molecule has 5 nitrogen and oxygen atoms in total. The summed E-state index contributed by atoms with van der Waals surface area (Å²) in [4.78, 5) is 14.8. The lowest BCUT2D eigenvalue weighted by Gasteiger charge is -2.10. The van der Waals surface area contributed by atoms with Crippen molar-refractivity contribution in [1.82, 2.24) is 19.5 Å². The van der Waals surface area contributed by atoms with Gasteiger partial charge >= 0.3 is 0 Å². The SMILES string of the molecule is C/C=C\C=C(/C)c1nc(-c2ccccc2)nc(-c2cccc3c2oc2cccc(-n4c5ccccc5c5ccccc54)c23)n1. The van der Waals surface area contributed by atoms with Crippen LogP contribution in [0, 0.1) is 0 Å². The Balaban J connectivity index is 1.40. The summed E-state index contributed by atoms with van der Waals surface area (Å²) in [6.07, 6.45) is 6.01. The Morgan fingerprint density at radius 1 is 0.659 bits per heavy atom. The van der Waals surface area contributed by atoms with Crippen LogP contribution in [0.2, 0.25) is 0 Å². The molecule has 8 aromatic rings. The number of hydrogen-bond acceptors (Lipinski definition) is 4. The lowest BCUT2D eigenvalue weighted by atomic mass is 10.1. The Kier molecular flexibility index (Phi) is 6.16. The summed E-state index contributed by atoms with van der Waals surface area (Å²) in [7, 11) is 0. The van der Waals surface area contributed by atoms with Gasteiger partial charge in [0.15, 0.2) is 17.5 Å². The molecule has 0 amide bonds. The van der Waals surface area contributed by atoms with E-state index in [1.807, 2.05) is 74.5 Å². The van der Waals surface area contributed by atoms with E-state index in [4.69, 9.17) is 19.4 Å². The third kappa shape index (κ3) is 4.13. The van der Waals surface area contributed by atoms with Crippen LogP contribution in [0.1, 0.15) is 19.7 Å². The lowest BCUT2D eigenvalue weighted by Crippen LogP contribution is -2.02. The highest BCUT2D eigenvalue weighted by Gasteiger charge is 2.21. The largest absolute Gasteiger partial charge is 0.455 e. The average Bonchev–Trinajstić information content (AvgIpc) is 3.63. The van der Waals surface area contributed by atoms with Gasteiger partial charge in [-0.25, -0.2) is 15.0 Å². The molecule has 0 radical (unpaired) electrons. The van der Waals surface area contributed by atoms with Gasteiger partial charge in [-0.2, -0.15) is 0 Å². The molecular weight excluding hydrogens is 540 g/mol. The summed E-state index contributed by atoms with van der Waals surface area (Å²) >= 11 is 0. The Morgan fingerprint density at radius 3 is 2.07 bits per heavy atom. The van der Waals surface area contributed by atoms with Gasteiger partial charge in [-0.1, -0.05) is 103 Å². The van der Waals surface area contributed by atoms with E-state index in [0.29, 0.717) is 17.5 Å². The predicted molar refractivity (Wildman–Crippen MR) is 181 cm³/mol. The van der Waals surface area contributed by atoms with Crippen molar-refractivity contribution in [3.8, 4) is 28.5 Å². The second-order valence-corrected chi connectivity index (χ2v) is 10.9. The molecule has 0 fully saturated rings. The maximum atomic E-state index is 6.67. The van der Waals surface area contributed by atoms with Gasteiger partial charge in [0, 0.05) is 21.7 Å². The number of nitrogens with zero attached hydrogens (tertiary/aromatic N) is 4. The molecule has 210 valence electrons. The molecule has 0 saturated heterocycles. The fourth-order valence-electron chi connectivity index (χ4n) is 6.08. The minimum Gasteiger partial charge on any atom is -0.455 e. The second kappa shape index (κ2) is 10.5. The smallest absolute Gasteiger partial charge is 0.167 e. The van der Waals surface area contributed by atoms with Gasteiger partial charge in [-0.3, -0.25) is 0 Å². The van der Waals surface area contributed by atoms with Crippen LogP contribution in [0.5, 0.6) is 0 Å². The highest BCUT2D eigenvalue weighted by Crippen LogP contribution is 2.41. The molecule has 0 aliphatic heterocycles. The van der Waals surface area contributed by atoms with Crippen LogP contribution in [-0.2, 0) is 0 Å². The summed E-state index contributed by atoms with van der Waals surface area (Å²) in [5.74, 6) is 1.83. The van der Waals surface area contributed by atoms with Crippen molar-refractivity contribution in [2.45, 2.75) is 13.8 Å². The second-order valence-electron chi connectivity index (χ2n) is 10.9. The fourth-order valence-corrected chi connectivity index (χ4v) is 6.08. The molecule has 5 aromatic carbocycles. The number of furan rings is 1. The van der Waals surface area contributed by atoms with Crippen LogP contribution >= 0.6 is 0 Å². The van der Waals surface area contributed by atoms with Gasteiger partial charge in [-0.05, 0) is 49.8 Å². The zero-order chi connectivity index (χ0) is 29.6. The standard InChI is InChI=1S/C39H28N4O/c1-3-4-14-25(2)37-40-38(26-15-6-5-7-16-26)42-39(41-37)30-20-12-19-29-35-33(23-13-24-34(35)44-36(29)30)43-31-21-10-8-17-27(31)28-18-9-11-22-32(28)43/h3-24H,1-2H3/b4-3-,25-14+. The van der Waals surface area contributed by atoms with Crippen molar-refractivity contribution in [1.29, 1.82) is 0 Å². The van der Waals surface area contributed by atoms with E-state index >= 15 is 0 Å². The zero-order valence-electron chi connectivity index (χ0n) is 24.4. The molecule has 0 aliphatic rings. The van der Waals surface area contributed by atoms with Crippen molar-refractivity contribution in [3.63, 3.8) is 0 Å². The number of hydrogen-bond donors (Lipinski definition) is 0. The minimum atomic E-state index is 0.574. The minimum absolute atomic E-state index is 0.574. The number of aromatic nitrogens is 4. The fraction of sp³-hybridized carbons (Fsp3) is 0.0513. The molecule has 44 heavy (non-hydrogen) atoms. The summed E-state index contributed by atoms with van der Waals surface area (Å²) in [5.41, 5.74) is 7.66. The topological polar surface area (TPSA) is 56.7 Å². The van der Waals surface area contributed by atoms with Crippen molar-refractivity contribution < 1.29 is 4.42 Å². The first-order valence-electron chi connectivity index (χ1n) is 14.8.